The van der Waals surface area contributed by atoms with E-state index < -0.39 is 0 Å². The van der Waals surface area contributed by atoms with Gasteiger partial charge in [0, 0.05) is 50.1 Å². The molecule has 0 radical (unpaired) electrons. The second-order valence-electron chi connectivity index (χ2n) is 8.47. The Morgan fingerprint density at radius 2 is 1.55 bits per heavy atom. The highest BCUT2D eigenvalue weighted by atomic mass is 16.5. The van der Waals surface area contributed by atoms with Gasteiger partial charge in [0.05, 0.1) is 32.5 Å². The average Bonchev–Trinajstić information content (AvgIpc) is 3.42. The number of hydrogen-bond donors (Lipinski definition) is 1. The Bertz CT molecular complexity index is 1120. The third kappa shape index (κ3) is 4.11. The summed E-state index contributed by atoms with van der Waals surface area (Å²) in [5, 5.41) is 4.43. The lowest BCUT2D eigenvalue weighted by Gasteiger charge is -2.37. The highest BCUT2D eigenvalue weighted by molar-refractivity contribution is 5.92. The Labute approximate surface area is 194 Å². The van der Waals surface area contributed by atoms with Gasteiger partial charge in [-0.1, -0.05) is 12.1 Å². The van der Waals surface area contributed by atoms with Crippen LogP contribution in [0.2, 0.25) is 0 Å². The van der Waals surface area contributed by atoms with E-state index in [4.69, 9.17) is 24.2 Å². The molecule has 5 rings (SSSR count). The third-order valence-electron chi connectivity index (χ3n) is 6.63. The first kappa shape index (κ1) is 21.6. The maximum Gasteiger partial charge on any atom is 0.162 e. The molecule has 2 saturated heterocycles. The number of nitrogens with one attached hydrogen (secondary N) is 1. The molecule has 2 aromatic carbocycles. The van der Waals surface area contributed by atoms with Crippen LogP contribution in [0.15, 0.2) is 36.4 Å². The first-order chi connectivity index (χ1) is 16.2. The smallest absolute Gasteiger partial charge is 0.162 e. The Morgan fingerprint density at radius 3 is 2.24 bits per heavy atom. The molecule has 8 nitrogen and oxygen atoms in total. The van der Waals surface area contributed by atoms with Gasteiger partial charge in [-0.05, 0) is 31.2 Å². The van der Waals surface area contributed by atoms with E-state index in [2.05, 4.69) is 27.2 Å². The van der Waals surface area contributed by atoms with Gasteiger partial charge in [-0.3, -0.25) is 0 Å². The van der Waals surface area contributed by atoms with Gasteiger partial charge in [-0.15, -0.1) is 0 Å². The molecule has 33 heavy (non-hydrogen) atoms. The maximum atomic E-state index is 5.59. The summed E-state index contributed by atoms with van der Waals surface area (Å²) < 4.78 is 16.7. The predicted molar refractivity (Wildman–Crippen MR) is 130 cm³/mol. The van der Waals surface area contributed by atoms with E-state index >= 15 is 0 Å². The Balaban J connectivity index is 1.50. The molecule has 0 amide bonds. The molecule has 8 heteroatoms. The van der Waals surface area contributed by atoms with Crippen molar-refractivity contribution in [2.45, 2.75) is 12.3 Å². The molecule has 1 aromatic heterocycles. The van der Waals surface area contributed by atoms with Gasteiger partial charge in [0.2, 0.25) is 0 Å². The van der Waals surface area contributed by atoms with Crippen molar-refractivity contribution in [3.8, 4) is 17.2 Å². The number of piperazine rings is 1. The molecular formula is C25H31N5O3. The van der Waals surface area contributed by atoms with Crippen LogP contribution in [0.4, 0.5) is 11.5 Å². The second-order valence-corrected chi connectivity index (χ2v) is 8.47. The van der Waals surface area contributed by atoms with Gasteiger partial charge < -0.3 is 29.3 Å². The fourth-order valence-electron chi connectivity index (χ4n) is 4.81. The van der Waals surface area contributed by atoms with Crippen molar-refractivity contribution in [2.75, 3.05) is 70.4 Å². The molecule has 0 saturated carbocycles. The van der Waals surface area contributed by atoms with E-state index in [-0.39, 0.29) is 0 Å². The van der Waals surface area contributed by atoms with Crippen LogP contribution in [0.3, 0.4) is 0 Å². The van der Waals surface area contributed by atoms with Crippen LogP contribution in [-0.2, 0) is 0 Å². The van der Waals surface area contributed by atoms with E-state index in [9.17, 15) is 0 Å². The summed E-state index contributed by atoms with van der Waals surface area (Å²) >= 11 is 0. The molecule has 174 valence electrons. The number of aromatic nitrogens is 2. The van der Waals surface area contributed by atoms with Crippen LogP contribution < -0.4 is 29.3 Å². The predicted octanol–water partition coefficient (Wildman–Crippen LogP) is 3.06. The van der Waals surface area contributed by atoms with Crippen molar-refractivity contribution < 1.29 is 14.2 Å². The van der Waals surface area contributed by atoms with Crippen molar-refractivity contribution in [1.82, 2.24) is 15.3 Å². The number of rotatable bonds is 6. The van der Waals surface area contributed by atoms with Crippen molar-refractivity contribution in [3.63, 3.8) is 0 Å². The summed E-state index contributed by atoms with van der Waals surface area (Å²) in [6, 6.07) is 12.2. The van der Waals surface area contributed by atoms with Crippen LogP contribution in [-0.4, -0.2) is 70.6 Å². The molecule has 3 aromatic rings. The van der Waals surface area contributed by atoms with Crippen molar-refractivity contribution in [1.29, 1.82) is 0 Å². The van der Waals surface area contributed by atoms with Crippen molar-refractivity contribution in [2.24, 2.45) is 0 Å². The minimum absolute atomic E-state index is 0.330. The fraction of sp³-hybridized carbons (Fsp3) is 0.440. The van der Waals surface area contributed by atoms with Gasteiger partial charge in [-0.25, -0.2) is 9.97 Å². The van der Waals surface area contributed by atoms with E-state index in [0.717, 1.165) is 79.7 Å². The average molecular weight is 450 g/mol. The molecule has 3 heterocycles. The number of benzene rings is 2. The van der Waals surface area contributed by atoms with Crippen LogP contribution >= 0.6 is 0 Å². The number of para-hydroxylation sites is 2. The van der Waals surface area contributed by atoms with E-state index in [1.165, 1.54) is 0 Å². The lowest BCUT2D eigenvalue weighted by Crippen LogP contribution is -2.47. The highest BCUT2D eigenvalue weighted by Crippen LogP contribution is 2.37. The van der Waals surface area contributed by atoms with Gasteiger partial charge in [0.25, 0.3) is 0 Å². The molecule has 0 aliphatic carbocycles. The third-order valence-corrected chi connectivity index (χ3v) is 6.63. The minimum atomic E-state index is 0.330. The van der Waals surface area contributed by atoms with Crippen LogP contribution in [0.25, 0.3) is 10.9 Å². The number of nitrogens with zero attached hydrogens (tertiary/aromatic N) is 4. The zero-order valence-electron chi connectivity index (χ0n) is 19.5. The highest BCUT2D eigenvalue weighted by Gasteiger charge is 2.26. The molecule has 2 fully saturated rings. The van der Waals surface area contributed by atoms with Crippen molar-refractivity contribution >= 4 is 22.4 Å². The molecule has 2 aliphatic heterocycles. The largest absolute Gasteiger partial charge is 0.495 e. The topological polar surface area (TPSA) is 72.0 Å². The lowest BCUT2D eigenvalue weighted by molar-refractivity contribution is 0.355. The number of hydrogen-bond acceptors (Lipinski definition) is 8. The van der Waals surface area contributed by atoms with E-state index in [1.54, 1.807) is 21.3 Å². The lowest BCUT2D eigenvalue weighted by atomic mass is 10.1. The van der Waals surface area contributed by atoms with Gasteiger partial charge >= 0.3 is 0 Å². The molecule has 1 atom stereocenters. The standard InChI is InChI=1S/C25H31N5O3/c1-31-21-7-5-4-6-20(21)29-10-12-30(13-11-29)25-18-14-22(32-2)23(33-3)15-19(18)27-24(28-25)17-8-9-26-16-17/h4-7,14-15,17,26H,8-13,16H2,1-3H3. The van der Waals surface area contributed by atoms with Crippen molar-refractivity contribution in [3.05, 3.63) is 42.2 Å². The second kappa shape index (κ2) is 9.31. The summed E-state index contributed by atoms with van der Waals surface area (Å²) in [5.74, 6) is 4.50. The first-order valence-electron chi connectivity index (χ1n) is 11.5. The number of fused-ring (bicyclic) bond motifs is 1. The monoisotopic (exact) mass is 449 g/mol. The fourth-order valence-corrected chi connectivity index (χ4v) is 4.81. The zero-order valence-corrected chi connectivity index (χ0v) is 19.5. The van der Waals surface area contributed by atoms with E-state index in [1.807, 2.05) is 24.3 Å². The summed E-state index contributed by atoms with van der Waals surface area (Å²) in [5.41, 5.74) is 2.03. The quantitative estimate of drug-likeness (QED) is 0.616. The summed E-state index contributed by atoms with van der Waals surface area (Å²) in [6.07, 6.45) is 1.06. The summed E-state index contributed by atoms with van der Waals surface area (Å²) in [4.78, 5) is 14.8. The molecule has 2 aliphatic rings. The molecule has 1 unspecified atom stereocenters. The summed E-state index contributed by atoms with van der Waals surface area (Å²) in [6.45, 7) is 5.42. The Hall–Kier alpha value is -3.26. The van der Waals surface area contributed by atoms with Gasteiger partial charge in [0.15, 0.2) is 11.5 Å². The summed E-state index contributed by atoms with van der Waals surface area (Å²) in [7, 11) is 5.04. The van der Waals surface area contributed by atoms with Gasteiger partial charge in [0.1, 0.15) is 17.4 Å². The van der Waals surface area contributed by atoms with Gasteiger partial charge in [-0.2, -0.15) is 0 Å². The molecular weight excluding hydrogens is 418 g/mol. The number of ether oxygens (including phenoxy) is 3. The first-order valence-corrected chi connectivity index (χ1v) is 11.5. The van der Waals surface area contributed by atoms with Crippen LogP contribution in [0.5, 0.6) is 17.2 Å². The van der Waals surface area contributed by atoms with E-state index in [0.29, 0.717) is 17.4 Å². The zero-order chi connectivity index (χ0) is 22.8. The van der Waals surface area contributed by atoms with Crippen LogP contribution in [0, 0.1) is 0 Å². The number of anilines is 2. The van der Waals surface area contributed by atoms with Crippen LogP contribution in [0.1, 0.15) is 18.2 Å². The molecule has 0 spiro atoms. The normalized spacial score (nSPS) is 18.6. The SMILES string of the molecule is COc1cc2nc(C3CCNC3)nc(N3CCN(c4ccccc4OC)CC3)c2cc1OC. The number of methoxy groups -OCH3 is 3. The molecule has 1 N–H and O–H groups in total. The Kier molecular flexibility index (Phi) is 6.09. The molecule has 0 bridgehead atoms. The minimum Gasteiger partial charge on any atom is -0.495 e. The Morgan fingerprint density at radius 1 is 0.848 bits per heavy atom. The maximum absolute atomic E-state index is 5.59.